The molecule has 172 valence electrons. The van der Waals surface area contributed by atoms with Gasteiger partial charge in [-0.3, -0.25) is 10.1 Å². The number of carbonyl (C=O) groups is 2. The highest BCUT2D eigenvalue weighted by molar-refractivity contribution is 5.82. The van der Waals surface area contributed by atoms with Crippen molar-refractivity contribution in [3.05, 3.63) is 28.3 Å². The fourth-order valence-electron chi connectivity index (χ4n) is 3.25. The molecule has 1 unspecified atom stereocenters. The van der Waals surface area contributed by atoms with E-state index in [1.165, 1.54) is 19.2 Å². The van der Waals surface area contributed by atoms with Crippen molar-refractivity contribution < 1.29 is 28.7 Å². The summed E-state index contributed by atoms with van der Waals surface area (Å²) < 4.78 is 16.2. The number of benzene rings is 1. The van der Waals surface area contributed by atoms with Crippen molar-refractivity contribution in [3.8, 4) is 5.75 Å². The van der Waals surface area contributed by atoms with Gasteiger partial charge in [-0.1, -0.05) is 13.8 Å². The molecule has 0 radical (unpaired) electrons. The zero-order valence-electron chi connectivity index (χ0n) is 18.8. The van der Waals surface area contributed by atoms with Crippen LogP contribution in [-0.2, 0) is 14.3 Å². The van der Waals surface area contributed by atoms with E-state index in [1.807, 2.05) is 18.7 Å². The predicted octanol–water partition coefficient (Wildman–Crippen LogP) is 3.27. The van der Waals surface area contributed by atoms with Crippen molar-refractivity contribution in [2.75, 3.05) is 25.1 Å². The van der Waals surface area contributed by atoms with E-state index >= 15 is 0 Å². The van der Waals surface area contributed by atoms with E-state index in [0.717, 1.165) is 0 Å². The number of nitrogens with one attached hydrogen (secondary N) is 1. The Morgan fingerprint density at radius 2 is 1.97 bits per heavy atom. The SMILES string of the molecule is COc1cc([N+](=O)[O-])ccc1N1CC[C@@H](OC(=O)C(NC(=O)OC(C)(C)C)C(C)C)C1. The number of esters is 1. The topological polar surface area (TPSA) is 120 Å². The van der Waals surface area contributed by atoms with Crippen LogP contribution < -0.4 is 15.0 Å². The first-order valence-corrected chi connectivity index (χ1v) is 10.2. The van der Waals surface area contributed by atoms with E-state index < -0.39 is 28.6 Å². The maximum absolute atomic E-state index is 12.7. The summed E-state index contributed by atoms with van der Waals surface area (Å²) >= 11 is 0. The van der Waals surface area contributed by atoms with Gasteiger partial charge in [-0.25, -0.2) is 9.59 Å². The lowest BCUT2D eigenvalue weighted by atomic mass is 10.0. The number of ether oxygens (including phenoxy) is 3. The molecule has 10 nitrogen and oxygen atoms in total. The second-order valence-electron chi connectivity index (χ2n) is 8.77. The molecule has 31 heavy (non-hydrogen) atoms. The first kappa shape index (κ1) is 24.2. The number of non-ortho nitro benzene ring substituents is 1. The summed E-state index contributed by atoms with van der Waals surface area (Å²) in [7, 11) is 1.45. The summed E-state index contributed by atoms with van der Waals surface area (Å²) in [4.78, 5) is 37.3. The lowest BCUT2D eigenvalue weighted by Gasteiger charge is -2.26. The van der Waals surface area contributed by atoms with Crippen molar-refractivity contribution in [3.63, 3.8) is 0 Å². The molecule has 0 aromatic heterocycles. The quantitative estimate of drug-likeness (QED) is 0.392. The molecular weight excluding hydrogens is 406 g/mol. The van der Waals surface area contributed by atoms with E-state index in [2.05, 4.69) is 5.32 Å². The summed E-state index contributed by atoms with van der Waals surface area (Å²) in [6, 6.07) is 3.57. The largest absolute Gasteiger partial charge is 0.494 e. The first-order valence-electron chi connectivity index (χ1n) is 10.2. The molecule has 10 heteroatoms. The third kappa shape index (κ3) is 6.73. The summed E-state index contributed by atoms with van der Waals surface area (Å²) in [6.45, 7) is 9.87. The Morgan fingerprint density at radius 3 is 2.52 bits per heavy atom. The normalized spacial score (nSPS) is 17.3. The Labute approximate surface area is 182 Å². The predicted molar refractivity (Wildman–Crippen MR) is 114 cm³/mol. The molecule has 1 fully saturated rings. The maximum Gasteiger partial charge on any atom is 0.408 e. The monoisotopic (exact) mass is 437 g/mol. The number of alkyl carbamates (subject to hydrolysis) is 1. The fraction of sp³-hybridized carbons (Fsp3) is 0.619. The average molecular weight is 437 g/mol. The fourth-order valence-corrected chi connectivity index (χ4v) is 3.25. The molecule has 0 spiro atoms. The number of nitrogens with zero attached hydrogens (tertiary/aromatic N) is 2. The van der Waals surface area contributed by atoms with Crippen molar-refractivity contribution in [2.24, 2.45) is 5.92 Å². The first-order chi connectivity index (χ1) is 14.4. The molecule has 1 amide bonds. The summed E-state index contributed by atoms with van der Waals surface area (Å²) in [6.07, 6.45) is -0.468. The highest BCUT2D eigenvalue weighted by atomic mass is 16.6. The molecule has 1 aliphatic heterocycles. The Kier molecular flexibility index (Phi) is 7.70. The Morgan fingerprint density at radius 1 is 1.29 bits per heavy atom. The van der Waals surface area contributed by atoms with Gasteiger partial charge in [0.25, 0.3) is 5.69 Å². The minimum atomic E-state index is -0.835. The number of rotatable bonds is 7. The van der Waals surface area contributed by atoms with Gasteiger partial charge in [0.15, 0.2) is 0 Å². The third-order valence-corrected chi connectivity index (χ3v) is 4.74. The Bertz CT molecular complexity index is 820. The number of nitro groups is 1. The maximum atomic E-state index is 12.7. The molecule has 0 aliphatic carbocycles. The number of carbonyl (C=O) groups excluding carboxylic acids is 2. The van der Waals surface area contributed by atoms with Gasteiger partial charge in [-0.15, -0.1) is 0 Å². The molecule has 1 N–H and O–H groups in total. The number of anilines is 1. The molecule has 1 saturated heterocycles. The Hall–Kier alpha value is -3.04. The molecular formula is C21H31N3O7. The van der Waals surface area contributed by atoms with Crippen LogP contribution in [0.5, 0.6) is 5.75 Å². The van der Waals surface area contributed by atoms with Gasteiger partial charge >= 0.3 is 12.1 Å². The number of hydrogen-bond acceptors (Lipinski definition) is 8. The van der Waals surface area contributed by atoms with Crippen molar-refractivity contribution in [1.29, 1.82) is 0 Å². The van der Waals surface area contributed by atoms with Crippen molar-refractivity contribution in [2.45, 2.75) is 58.8 Å². The van der Waals surface area contributed by atoms with Crippen LogP contribution in [0.4, 0.5) is 16.2 Å². The van der Waals surface area contributed by atoms with Gasteiger partial charge < -0.3 is 24.4 Å². The van der Waals surface area contributed by atoms with Crippen LogP contribution in [0.15, 0.2) is 18.2 Å². The van der Waals surface area contributed by atoms with Gasteiger partial charge in [0.1, 0.15) is 23.5 Å². The zero-order valence-corrected chi connectivity index (χ0v) is 18.8. The van der Waals surface area contributed by atoms with Crippen LogP contribution in [-0.4, -0.2) is 54.9 Å². The third-order valence-electron chi connectivity index (χ3n) is 4.74. The molecule has 0 saturated carbocycles. The minimum Gasteiger partial charge on any atom is -0.494 e. The number of methoxy groups -OCH3 is 1. The van der Waals surface area contributed by atoms with Crippen molar-refractivity contribution >= 4 is 23.4 Å². The minimum absolute atomic E-state index is 0.0595. The highest BCUT2D eigenvalue weighted by Gasteiger charge is 2.33. The number of hydrogen-bond donors (Lipinski definition) is 1. The Balaban J connectivity index is 2.02. The van der Waals surface area contributed by atoms with Gasteiger partial charge in [0, 0.05) is 19.0 Å². The molecule has 2 atom stereocenters. The van der Waals surface area contributed by atoms with E-state index in [1.54, 1.807) is 26.8 Å². The van der Waals surface area contributed by atoms with Crippen LogP contribution in [0.25, 0.3) is 0 Å². The smallest absolute Gasteiger partial charge is 0.408 e. The number of nitro benzene ring substituents is 1. The lowest BCUT2D eigenvalue weighted by molar-refractivity contribution is -0.384. The van der Waals surface area contributed by atoms with E-state index in [9.17, 15) is 19.7 Å². The van der Waals surface area contributed by atoms with Gasteiger partial charge in [0.2, 0.25) is 0 Å². The van der Waals surface area contributed by atoms with Gasteiger partial charge in [-0.05, 0) is 32.8 Å². The number of amides is 1. The molecule has 1 heterocycles. The highest BCUT2D eigenvalue weighted by Crippen LogP contribution is 2.34. The standard InChI is InChI=1S/C21H31N3O7/c1-13(2)18(22-20(26)31-21(3,4)5)19(25)30-15-9-10-23(12-15)16-8-7-14(24(27)28)11-17(16)29-6/h7-8,11,13,15,18H,9-10,12H2,1-6H3,(H,22,26)/t15-,18?/m1/s1. The van der Waals surface area contributed by atoms with Crippen LogP contribution in [0.1, 0.15) is 41.0 Å². The summed E-state index contributed by atoms with van der Waals surface area (Å²) in [5, 5.41) is 13.6. The summed E-state index contributed by atoms with van der Waals surface area (Å²) in [5.41, 5.74) is -0.0413. The second-order valence-corrected chi connectivity index (χ2v) is 8.77. The summed E-state index contributed by atoms with van der Waals surface area (Å²) in [5.74, 6) is -0.330. The average Bonchev–Trinajstić information content (AvgIpc) is 3.11. The molecule has 1 aromatic rings. The van der Waals surface area contributed by atoms with E-state index in [4.69, 9.17) is 14.2 Å². The zero-order chi connectivity index (χ0) is 23.3. The molecule has 0 bridgehead atoms. The van der Waals surface area contributed by atoms with E-state index in [-0.39, 0.29) is 17.7 Å². The van der Waals surface area contributed by atoms with Gasteiger partial charge in [0.05, 0.1) is 30.3 Å². The van der Waals surface area contributed by atoms with Crippen molar-refractivity contribution in [1.82, 2.24) is 5.32 Å². The van der Waals surface area contributed by atoms with Crippen LogP contribution in [0.2, 0.25) is 0 Å². The lowest BCUT2D eigenvalue weighted by Crippen LogP contribution is -2.48. The van der Waals surface area contributed by atoms with Crippen LogP contribution in [0.3, 0.4) is 0 Å². The second kappa shape index (κ2) is 9.84. The van der Waals surface area contributed by atoms with Crippen LogP contribution >= 0.6 is 0 Å². The molecule has 1 aromatic carbocycles. The molecule has 1 aliphatic rings. The van der Waals surface area contributed by atoms with Crippen LogP contribution in [0, 0.1) is 16.0 Å². The van der Waals surface area contributed by atoms with Gasteiger partial charge in [-0.2, -0.15) is 0 Å². The molecule has 2 rings (SSSR count). The van der Waals surface area contributed by atoms with E-state index in [0.29, 0.717) is 30.9 Å².